The van der Waals surface area contributed by atoms with Gasteiger partial charge in [0, 0.05) is 10.1 Å². The van der Waals surface area contributed by atoms with E-state index in [1.54, 1.807) is 6.07 Å². The average molecular weight is 227 g/mol. The molecule has 1 rings (SSSR count). The first kappa shape index (κ1) is 9.67. The van der Waals surface area contributed by atoms with Crippen molar-refractivity contribution in [2.24, 2.45) is 0 Å². The Bertz CT molecular complexity index is 390. The Hall–Kier alpha value is -0.873. The quantitative estimate of drug-likeness (QED) is 0.636. The molecule has 0 aliphatic carbocycles. The molecule has 1 N–H and O–H groups in total. The fraction of sp³-hybridized carbons (Fsp3) is 0.300. The molecule has 0 saturated carbocycles. The second-order valence-corrected chi connectivity index (χ2v) is 9.98. The molecule has 4 heteroatoms. The van der Waals surface area contributed by atoms with Crippen LogP contribution in [0.4, 0.5) is 0 Å². The topological polar surface area (TPSA) is 37.3 Å². The second kappa shape index (κ2) is 4.10. The van der Waals surface area contributed by atoms with E-state index in [4.69, 9.17) is 6.48 Å². The Morgan fingerprint density at radius 3 is 2.64 bits per heavy atom. The number of hydrogen-bond donors (Lipinski definition) is 1. The Balaban J connectivity index is 3.30. The Morgan fingerprint density at radius 2 is 2.29 bits per heavy atom. The number of hydrogen-bond acceptors (Lipinski definition) is 2. The van der Waals surface area contributed by atoms with Gasteiger partial charge in [0.05, 0.1) is 9.44 Å². The summed E-state index contributed by atoms with van der Waals surface area (Å²) in [7, 11) is -1.97. The largest absolute Gasteiger partial charge is 0.478 e. The highest BCUT2D eigenvalue weighted by Crippen LogP contribution is 2.20. The van der Waals surface area contributed by atoms with E-state index in [1.165, 1.54) is 11.3 Å². The lowest BCUT2D eigenvalue weighted by Crippen LogP contribution is -2.29. The highest BCUT2D eigenvalue weighted by atomic mass is 32.1. The van der Waals surface area contributed by atoms with Gasteiger partial charge in [0.15, 0.2) is 0 Å². The Morgan fingerprint density at radius 1 is 1.64 bits per heavy atom. The number of carbonyl (C=O) groups is 1. The van der Waals surface area contributed by atoms with E-state index < -0.39 is 14.0 Å². The van der Waals surface area contributed by atoms with Crippen molar-refractivity contribution in [1.29, 1.82) is 0 Å². The van der Waals surface area contributed by atoms with Crippen LogP contribution in [-0.4, -0.2) is 19.1 Å². The fourth-order valence-corrected chi connectivity index (χ4v) is 2.90. The number of rotatable bonds is 3. The van der Waals surface area contributed by atoms with Gasteiger partial charge in [-0.25, -0.2) is 4.79 Å². The van der Waals surface area contributed by atoms with Gasteiger partial charge in [-0.3, -0.25) is 0 Å². The van der Waals surface area contributed by atoms with Crippen LogP contribution in [0.5, 0.6) is 0 Å². The standard InChI is InChI=1S/C10H14O2SSi/c1-14(2,3)9(10(11)12)7-8-5-4-6-13-8/h4-7H,1-3H3,(H,11,12)/b9-7-/i7D. The third-order valence-corrected chi connectivity index (χ3v) is 4.36. The fourth-order valence-electron chi connectivity index (χ4n) is 1.03. The van der Waals surface area contributed by atoms with E-state index in [-0.39, 0.29) is 6.05 Å². The molecule has 0 aliphatic rings. The molecule has 0 atom stereocenters. The van der Waals surface area contributed by atoms with Gasteiger partial charge in [-0.15, -0.1) is 11.3 Å². The van der Waals surface area contributed by atoms with Gasteiger partial charge >= 0.3 is 5.97 Å². The minimum Gasteiger partial charge on any atom is -0.478 e. The summed E-state index contributed by atoms with van der Waals surface area (Å²) in [4.78, 5) is 11.9. The zero-order valence-corrected chi connectivity index (χ0v) is 10.3. The van der Waals surface area contributed by atoms with Gasteiger partial charge in [-0.05, 0) is 17.5 Å². The van der Waals surface area contributed by atoms with Crippen molar-refractivity contribution in [3.8, 4) is 0 Å². The summed E-state index contributed by atoms with van der Waals surface area (Å²) >= 11 is 1.41. The molecule has 1 heterocycles. The van der Waals surface area contributed by atoms with Crippen LogP contribution in [0.15, 0.2) is 22.7 Å². The highest BCUT2D eigenvalue weighted by molar-refractivity contribution is 7.11. The van der Waals surface area contributed by atoms with Crippen LogP contribution in [0.2, 0.25) is 19.6 Å². The van der Waals surface area contributed by atoms with E-state index in [9.17, 15) is 4.79 Å². The van der Waals surface area contributed by atoms with Gasteiger partial charge in [0.2, 0.25) is 0 Å². The van der Waals surface area contributed by atoms with Crippen molar-refractivity contribution < 1.29 is 11.3 Å². The third kappa shape index (κ3) is 2.82. The molecule has 1 aromatic rings. The van der Waals surface area contributed by atoms with Crippen LogP contribution >= 0.6 is 11.3 Å². The zero-order chi connectivity index (χ0) is 11.6. The summed E-state index contributed by atoms with van der Waals surface area (Å²) in [6.45, 7) is 5.83. The number of carboxylic acid groups (broad SMARTS) is 1. The smallest absolute Gasteiger partial charge is 0.327 e. The average Bonchev–Trinajstić information content (AvgIpc) is 2.51. The summed E-state index contributed by atoms with van der Waals surface area (Å²) < 4.78 is 7.92. The van der Waals surface area contributed by atoms with Crippen molar-refractivity contribution in [3.63, 3.8) is 0 Å². The maximum absolute atomic E-state index is 11.1. The first-order valence-corrected chi connectivity index (χ1v) is 8.70. The maximum atomic E-state index is 11.1. The predicted molar refractivity (Wildman–Crippen MR) is 63.3 cm³/mol. The molecule has 1 aromatic heterocycles. The molecular weight excluding hydrogens is 212 g/mol. The van der Waals surface area contributed by atoms with Crippen LogP contribution in [-0.2, 0) is 4.79 Å². The summed E-state index contributed by atoms with van der Waals surface area (Å²) in [6, 6.07) is 3.80. The SMILES string of the molecule is [2H]/C(=C(\C(=O)O)[Si](C)(C)C)c1cccs1. The van der Waals surface area contributed by atoms with Crippen molar-refractivity contribution >= 4 is 31.4 Å². The minimum atomic E-state index is -1.97. The summed E-state index contributed by atoms with van der Waals surface area (Å²) in [5.41, 5.74) is 0. The molecule has 0 unspecified atom stereocenters. The van der Waals surface area contributed by atoms with Crippen LogP contribution in [0.3, 0.4) is 0 Å². The Labute approximate surface area is 90.3 Å². The summed E-state index contributed by atoms with van der Waals surface area (Å²) in [6.07, 6.45) is 0. The summed E-state index contributed by atoms with van der Waals surface area (Å²) in [5, 5.41) is 11.3. The number of thiophene rings is 1. The van der Waals surface area contributed by atoms with Gasteiger partial charge in [-0.2, -0.15) is 0 Å². The lowest BCUT2D eigenvalue weighted by molar-refractivity contribution is -0.131. The predicted octanol–water partition coefficient (Wildman–Crippen LogP) is 3.09. The molecular formula is C10H14O2SSi. The molecule has 0 radical (unpaired) electrons. The van der Waals surface area contributed by atoms with Crippen molar-refractivity contribution in [2.45, 2.75) is 19.6 Å². The van der Waals surface area contributed by atoms with Crippen LogP contribution in [0, 0.1) is 0 Å². The molecule has 0 spiro atoms. The molecule has 0 amide bonds. The van der Waals surface area contributed by atoms with Crippen LogP contribution in [0.1, 0.15) is 6.25 Å². The van der Waals surface area contributed by atoms with Crippen LogP contribution < -0.4 is 0 Å². The minimum absolute atomic E-state index is 0.177. The molecule has 0 saturated heterocycles. The Kier molecular flexibility index (Phi) is 2.84. The van der Waals surface area contributed by atoms with Crippen molar-refractivity contribution in [1.82, 2.24) is 0 Å². The van der Waals surface area contributed by atoms with E-state index in [2.05, 4.69) is 0 Å². The summed E-state index contributed by atoms with van der Waals surface area (Å²) in [5.74, 6) is -0.951. The van der Waals surface area contributed by atoms with E-state index in [0.29, 0.717) is 5.20 Å². The molecule has 0 aromatic carbocycles. The number of carboxylic acids is 1. The highest BCUT2D eigenvalue weighted by Gasteiger charge is 2.25. The van der Waals surface area contributed by atoms with E-state index in [1.807, 2.05) is 31.1 Å². The van der Waals surface area contributed by atoms with E-state index >= 15 is 0 Å². The van der Waals surface area contributed by atoms with Gasteiger partial charge < -0.3 is 5.11 Å². The monoisotopic (exact) mass is 227 g/mol. The molecule has 14 heavy (non-hydrogen) atoms. The molecule has 0 aliphatic heterocycles. The first-order chi connectivity index (χ1) is 6.84. The molecule has 0 bridgehead atoms. The molecule has 76 valence electrons. The normalized spacial score (nSPS) is 14.6. The molecule has 2 nitrogen and oxygen atoms in total. The van der Waals surface area contributed by atoms with Gasteiger partial charge in [0.25, 0.3) is 0 Å². The van der Waals surface area contributed by atoms with Gasteiger partial charge in [-0.1, -0.05) is 25.7 Å². The lowest BCUT2D eigenvalue weighted by atomic mass is 10.4. The van der Waals surface area contributed by atoms with Crippen LogP contribution in [0.25, 0.3) is 6.05 Å². The maximum Gasteiger partial charge on any atom is 0.327 e. The van der Waals surface area contributed by atoms with Crippen molar-refractivity contribution in [2.75, 3.05) is 0 Å². The lowest BCUT2D eigenvalue weighted by Gasteiger charge is -2.16. The molecule has 0 fully saturated rings. The van der Waals surface area contributed by atoms with E-state index in [0.717, 1.165) is 4.88 Å². The second-order valence-electron chi connectivity index (χ2n) is 4.03. The van der Waals surface area contributed by atoms with Crippen molar-refractivity contribution in [3.05, 3.63) is 27.6 Å². The third-order valence-electron chi connectivity index (χ3n) is 1.73. The number of aliphatic carboxylic acids is 1. The zero-order valence-electron chi connectivity index (χ0n) is 9.50. The first-order valence-electron chi connectivity index (χ1n) is 4.82. The van der Waals surface area contributed by atoms with Gasteiger partial charge in [0.1, 0.15) is 0 Å².